The lowest BCUT2D eigenvalue weighted by molar-refractivity contribution is -0.0869. The summed E-state index contributed by atoms with van der Waals surface area (Å²) in [6.45, 7) is 3.83. The highest BCUT2D eigenvalue weighted by Crippen LogP contribution is 2.08. The summed E-state index contributed by atoms with van der Waals surface area (Å²) >= 11 is 0. The second kappa shape index (κ2) is 12.0. The van der Waals surface area contributed by atoms with E-state index in [1.54, 1.807) is 0 Å². The van der Waals surface area contributed by atoms with Crippen molar-refractivity contribution in [3.8, 4) is 0 Å². The molecule has 0 aliphatic carbocycles. The molecule has 0 heterocycles. The molecule has 0 aromatic carbocycles. The number of nitrogens with zero attached hydrogens (tertiary/aromatic N) is 1. The second-order valence-corrected chi connectivity index (χ2v) is 4.10. The molecule has 0 saturated carbocycles. The third kappa shape index (κ3) is 11.8. The molecule has 15 heavy (non-hydrogen) atoms. The van der Waals surface area contributed by atoms with Crippen LogP contribution in [0.4, 0.5) is 0 Å². The molecule has 92 valence electrons. The van der Waals surface area contributed by atoms with Gasteiger partial charge < -0.3 is 10.3 Å². The minimum atomic E-state index is 0.337. The lowest BCUT2D eigenvalue weighted by Gasteiger charge is -2.10. The van der Waals surface area contributed by atoms with Crippen LogP contribution < -0.4 is 0 Å². The first-order valence-corrected chi connectivity index (χ1v) is 6.36. The average molecular weight is 217 g/mol. The first-order chi connectivity index (χ1) is 7.31. The Bertz CT molecular complexity index is 120. The minimum absolute atomic E-state index is 0.337. The number of hydrogen-bond acceptors (Lipinski definition) is 3. The molecule has 2 N–H and O–H groups in total. The van der Waals surface area contributed by atoms with Crippen LogP contribution in [0.15, 0.2) is 0 Å². The van der Waals surface area contributed by atoms with Crippen LogP contribution in [-0.2, 0) is 0 Å². The summed E-state index contributed by atoms with van der Waals surface area (Å²) in [6.07, 6.45) is 9.54. The van der Waals surface area contributed by atoms with Crippen molar-refractivity contribution in [3.63, 3.8) is 0 Å². The van der Waals surface area contributed by atoms with Gasteiger partial charge in [-0.05, 0) is 12.8 Å². The van der Waals surface area contributed by atoms with Gasteiger partial charge in [0.25, 0.3) is 0 Å². The summed E-state index contributed by atoms with van der Waals surface area (Å²) in [7, 11) is 0. The maximum atomic E-state index is 9.17. The summed E-state index contributed by atoms with van der Waals surface area (Å²) in [5.74, 6) is 0. The molecule has 0 aromatic rings. The molecule has 0 unspecified atom stereocenters. The largest absolute Gasteiger partial charge is 0.396 e. The average Bonchev–Trinajstić information content (AvgIpc) is 2.26. The number of rotatable bonds is 11. The molecule has 0 aliphatic rings. The highest BCUT2D eigenvalue weighted by Gasteiger charge is 1.96. The summed E-state index contributed by atoms with van der Waals surface area (Å²) in [6, 6.07) is 0. The predicted octanol–water partition coefficient (Wildman–Crippen LogP) is 2.81. The van der Waals surface area contributed by atoms with E-state index >= 15 is 0 Å². The smallest absolute Gasteiger partial charge is 0.0431 e. The van der Waals surface area contributed by atoms with Crippen molar-refractivity contribution in [2.45, 2.75) is 58.3 Å². The molecule has 0 aliphatic heterocycles. The fourth-order valence-corrected chi connectivity index (χ4v) is 1.62. The number of hydrogen-bond donors (Lipinski definition) is 2. The molecule has 3 heteroatoms. The Morgan fingerprint density at radius 1 is 0.800 bits per heavy atom. The molecule has 0 radical (unpaired) electrons. The molecule has 0 rings (SSSR count). The predicted molar refractivity (Wildman–Crippen MR) is 63.1 cm³/mol. The third-order valence-electron chi connectivity index (χ3n) is 2.69. The van der Waals surface area contributed by atoms with Crippen molar-refractivity contribution in [1.29, 1.82) is 0 Å². The molecular weight excluding hydrogens is 190 g/mol. The highest BCUT2D eigenvalue weighted by molar-refractivity contribution is 4.48. The van der Waals surface area contributed by atoms with Gasteiger partial charge in [-0.1, -0.05) is 45.4 Å². The van der Waals surface area contributed by atoms with E-state index in [0.29, 0.717) is 6.61 Å². The fraction of sp³-hybridized carbons (Fsp3) is 1.00. The molecule has 0 saturated heterocycles. The summed E-state index contributed by atoms with van der Waals surface area (Å²) < 4.78 is 0. The summed E-state index contributed by atoms with van der Waals surface area (Å²) in [4.78, 5) is 0. The first-order valence-electron chi connectivity index (χ1n) is 6.36. The van der Waals surface area contributed by atoms with Crippen LogP contribution in [0.1, 0.15) is 58.3 Å². The van der Waals surface area contributed by atoms with Crippen LogP contribution in [0.3, 0.4) is 0 Å². The van der Waals surface area contributed by atoms with Crippen molar-refractivity contribution in [2.75, 3.05) is 19.7 Å². The highest BCUT2D eigenvalue weighted by atomic mass is 16.5. The van der Waals surface area contributed by atoms with Crippen LogP contribution in [0.25, 0.3) is 0 Å². The van der Waals surface area contributed by atoms with Crippen LogP contribution in [0.2, 0.25) is 0 Å². The first kappa shape index (κ1) is 14.9. The Morgan fingerprint density at radius 3 is 1.73 bits per heavy atom. The van der Waals surface area contributed by atoms with E-state index in [1.165, 1.54) is 37.2 Å². The van der Waals surface area contributed by atoms with Gasteiger partial charge in [0.1, 0.15) is 0 Å². The zero-order chi connectivity index (χ0) is 11.4. The van der Waals surface area contributed by atoms with E-state index in [9.17, 15) is 0 Å². The standard InChI is InChI=1S/C12H27NO2/c1-2-13(15)11-9-7-5-3-4-6-8-10-12-14/h14-15H,2-12H2,1H3. The van der Waals surface area contributed by atoms with Gasteiger partial charge >= 0.3 is 0 Å². The fourth-order valence-electron chi connectivity index (χ4n) is 1.62. The quantitative estimate of drug-likeness (QED) is 0.413. The van der Waals surface area contributed by atoms with Crippen molar-refractivity contribution in [1.82, 2.24) is 5.06 Å². The van der Waals surface area contributed by atoms with E-state index in [0.717, 1.165) is 32.4 Å². The monoisotopic (exact) mass is 217 g/mol. The van der Waals surface area contributed by atoms with Gasteiger partial charge in [-0.3, -0.25) is 0 Å². The topological polar surface area (TPSA) is 43.7 Å². The van der Waals surface area contributed by atoms with E-state index in [1.807, 2.05) is 6.92 Å². The number of aliphatic hydroxyl groups is 1. The van der Waals surface area contributed by atoms with Crippen LogP contribution >= 0.6 is 0 Å². The minimum Gasteiger partial charge on any atom is -0.396 e. The lowest BCUT2D eigenvalue weighted by atomic mass is 10.1. The number of aliphatic hydroxyl groups excluding tert-OH is 1. The van der Waals surface area contributed by atoms with Crippen LogP contribution in [0, 0.1) is 0 Å². The van der Waals surface area contributed by atoms with Gasteiger partial charge in [-0.25, -0.2) is 0 Å². The Morgan fingerprint density at radius 2 is 1.27 bits per heavy atom. The molecule has 3 nitrogen and oxygen atoms in total. The van der Waals surface area contributed by atoms with Crippen LogP contribution in [0.5, 0.6) is 0 Å². The molecule has 0 aromatic heterocycles. The Labute approximate surface area is 94.1 Å². The van der Waals surface area contributed by atoms with Crippen molar-refractivity contribution in [2.24, 2.45) is 0 Å². The molecule has 0 amide bonds. The van der Waals surface area contributed by atoms with E-state index in [2.05, 4.69) is 0 Å². The van der Waals surface area contributed by atoms with Gasteiger partial charge in [0, 0.05) is 19.7 Å². The summed E-state index contributed by atoms with van der Waals surface area (Å²) in [5.41, 5.74) is 0. The maximum Gasteiger partial charge on any atom is 0.0431 e. The normalized spacial score (nSPS) is 11.2. The molecule has 0 bridgehead atoms. The Kier molecular flexibility index (Phi) is 11.9. The molecule has 0 spiro atoms. The SMILES string of the molecule is CCN(O)CCCCCCCCCCO. The van der Waals surface area contributed by atoms with Crippen molar-refractivity contribution < 1.29 is 10.3 Å². The third-order valence-corrected chi connectivity index (χ3v) is 2.69. The van der Waals surface area contributed by atoms with Gasteiger partial charge in [-0.15, -0.1) is 0 Å². The number of hydroxylamine groups is 2. The molecule has 0 atom stereocenters. The Hall–Kier alpha value is -0.120. The zero-order valence-corrected chi connectivity index (χ0v) is 10.1. The van der Waals surface area contributed by atoms with E-state index in [4.69, 9.17) is 10.3 Å². The Balaban J connectivity index is 2.92. The van der Waals surface area contributed by atoms with Crippen molar-refractivity contribution >= 4 is 0 Å². The zero-order valence-electron chi connectivity index (χ0n) is 10.1. The van der Waals surface area contributed by atoms with Gasteiger partial charge in [0.15, 0.2) is 0 Å². The molecule has 0 fully saturated rings. The van der Waals surface area contributed by atoms with Gasteiger partial charge in [0.2, 0.25) is 0 Å². The summed E-state index contributed by atoms with van der Waals surface area (Å²) in [5, 5.41) is 19.1. The van der Waals surface area contributed by atoms with E-state index < -0.39 is 0 Å². The van der Waals surface area contributed by atoms with Gasteiger partial charge in [0.05, 0.1) is 0 Å². The van der Waals surface area contributed by atoms with Crippen molar-refractivity contribution in [3.05, 3.63) is 0 Å². The van der Waals surface area contributed by atoms with Crippen LogP contribution in [-0.4, -0.2) is 35.1 Å². The number of unbranched alkanes of at least 4 members (excludes halogenated alkanes) is 7. The maximum absolute atomic E-state index is 9.17. The van der Waals surface area contributed by atoms with E-state index in [-0.39, 0.29) is 0 Å². The lowest BCUT2D eigenvalue weighted by Crippen LogP contribution is -2.19. The molecular formula is C12H27NO2. The van der Waals surface area contributed by atoms with Gasteiger partial charge in [-0.2, -0.15) is 5.06 Å². The second-order valence-electron chi connectivity index (χ2n) is 4.10.